The highest BCUT2D eigenvalue weighted by Gasteiger charge is 2.38. The minimum atomic E-state index is -3.15. The van der Waals surface area contributed by atoms with Crippen molar-refractivity contribution in [2.24, 2.45) is 0 Å². The molecule has 0 bridgehead atoms. The second kappa shape index (κ2) is 6.43. The summed E-state index contributed by atoms with van der Waals surface area (Å²) in [7, 11) is -1.49. The molecule has 1 aliphatic rings. The van der Waals surface area contributed by atoms with Crippen molar-refractivity contribution >= 4 is 32.8 Å². The number of hydrogen-bond donors (Lipinski definition) is 0. The van der Waals surface area contributed by atoms with Crippen molar-refractivity contribution in [2.45, 2.75) is 30.6 Å². The van der Waals surface area contributed by atoms with Crippen molar-refractivity contribution in [3.8, 4) is 0 Å². The Bertz CT molecular complexity index is 848. The summed E-state index contributed by atoms with van der Waals surface area (Å²) in [4.78, 5) is 13.9. The number of para-hydroxylation sites is 1. The minimum Gasteiger partial charge on any atom is -0.457 e. The summed E-state index contributed by atoms with van der Waals surface area (Å²) in [6.07, 6.45) is 6.48. The van der Waals surface area contributed by atoms with Crippen LogP contribution in [0.4, 0.5) is 0 Å². The predicted octanol–water partition coefficient (Wildman–Crippen LogP) is 2.87. The van der Waals surface area contributed by atoms with Crippen LogP contribution in [0.3, 0.4) is 0 Å². The zero-order valence-electron chi connectivity index (χ0n) is 13.8. The number of carbonyl (C=O) groups excluding carboxylic acids is 1. The van der Waals surface area contributed by atoms with E-state index in [1.54, 1.807) is 13.1 Å². The molecule has 0 N–H and O–H groups in total. The predicted molar refractivity (Wildman–Crippen MR) is 94.3 cm³/mol. The molecule has 0 radical (unpaired) electrons. The Kier molecular flexibility index (Phi) is 4.49. The summed E-state index contributed by atoms with van der Waals surface area (Å²) in [6.45, 7) is 0. The minimum absolute atomic E-state index is 0.212. The zero-order chi connectivity index (χ0) is 17.3. The SMILES string of the molecule is CN(C(=O)/C=C/c1cc2ccccc2o1)[C@@H]1CCC[C@@H]1S(C)(=O)=O. The van der Waals surface area contributed by atoms with Crippen LogP contribution in [0.5, 0.6) is 0 Å². The van der Waals surface area contributed by atoms with E-state index in [9.17, 15) is 13.2 Å². The second-order valence-electron chi connectivity index (χ2n) is 6.34. The molecule has 24 heavy (non-hydrogen) atoms. The molecule has 2 atom stereocenters. The maximum Gasteiger partial charge on any atom is 0.246 e. The van der Waals surface area contributed by atoms with Gasteiger partial charge in [0.1, 0.15) is 11.3 Å². The molecule has 3 rings (SSSR count). The van der Waals surface area contributed by atoms with Gasteiger partial charge in [0.05, 0.1) is 5.25 Å². The summed E-state index contributed by atoms with van der Waals surface area (Å²) in [5.41, 5.74) is 0.769. The van der Waals surface area contributed by atoms with Crippen LogP contribution in [0.25, 0.3) is 17.0 Å². The number of nitrogens with zero attached hydrogens (tertiary/aromatic N) is 1. The molecule has 6 heteroatoms. The smallest absolute Gasteiger partial charge is 0.246 e. The highest BCUT2D eigenvalue weighted by Crippen LogP contribution is 2.29. The van der Waals surface area contributed by atoms with Crippen molar-refractivity contribution in [3.63, 3.8) is 0 Å². The third kappa shape index (κ3) is 3.38. The second-order valence-corrected chi connectivity index (χ2v) is 8.60. The number of sulfone groups is 1. The van der Waals surface area contributed by atoms with E-state index >= 15 is 0 Å². The van der Waals surface area contributed by atoms with Crippen molar-refractivity contribution in [2.75, 3.05) is 13.3 Å². The van der Waals surface area contributed by atoms with Crippen LogP contribution in [-0.4, -0.2) is 43.8 Å². The van der Waals surface area contributed by atoms with Gasteiger partial charge in [-0.3, -0.25) is 4.79 Å². The van der Waals surface area contributed by atoms with E-state index in [1.165, 1.54) is 17.2 Å². The van der Waals surface area contributed by atoms with Gasteiger partial charge >= 0.3 is 0 Å². The zero-order valence-corrected chi connectivity index (χ0v) is 14.6. The highest BCUT2D eigenvalue weighted by atomic mass is 32.2. The normalized spacial score (nSPS) is 21.6. The molecule has 1 fully saturated rings. The molecule has 1 aliphatic carbocycles. The molecule has 128 valence electrons. The number of fused-ring (bicyclic) bond motifs is 1. The summed E-state index contributed by atoms with van der Waals surface area (Å²) in [5, 5.41) is 0.511. The first kappa shape index (κ1) is 16.8. The lowest BCUT2D eigenvalue weighted by Crippen LogP contribution is -2.43. The van der Waals surface area contributed by atoms with Gasteiger partial charge in [0.25, 0.3) is 0 Å². The first-order valence-electron chi connectivity index (χ1n) is 7.98. The maximum atomic E-state index is 12.4. The molecule has 5 nitrogen and oxygen atoms in total. The summed E-state index contributed by atoms with van der Waals surface area (Å²) < 4.78 is 29.4. The molecule has 0 spiro atoms. The molecule has 1 saturated carbocycles. The Labute approximate surface area is 141 Å². The van der Waals surface area contributed by atoms with Crippen molar-refractivity contribution in [3.05, 3.63) is 42.2 Å². The Hall–Kier alpha value is -2.08. The van der Waals surface area contributed by atoms with Crippen LogP contribution < -0.4 is 0 Å². The summed E-state index contributed by atoms with van der Waals surface area (Å²) >= 11 is 0. The van der Waals surface area contributed by atoms with Crippen LogP contribution in [0.15, 0.2) is 40.8 Å². The lowest BCUT2D eigenvalue weighted by atomic mass is 10.2. The van der Waals surface area contributed by atoms with Crippen molar-refractivity contribution in [1.29, 1.82) is 0 Å². The molecular weight excluding hydrogens is 326 g/mol. The fourth-order valence-electron chi connectivity index (χ4n) is 3.37. The molecule has 1 aromatic carbocycles. The molecule has 1 aromatic heterocycles. The third-order valence-electron chi connectivity index (χ3n) is 4.65. The Balaban J connectivity index is 1.74. The van der Waals surface area contributed by atoms with Gasteiger partial charge in [-0.2, -0.15) is 0 Å². The number of hydrogen-bond acceptors (Lipinski definition) is 4. The van der Waals surface area contributed by atoms with E-state index in [0.717, 1.165) is 23.8 Å². The van der Waals surface area contributed by atoms with Crippen LogP contribution in [0, 0.1) is 0 Å². The van der Waals surface area contributed by atoms with E-state index in [4.69, 9.17) is 4.42 Å². The molecular formula is C18H21NO4S. The molecule has 1 heterocycles. The monoisotopic (exact) mass is 347 g/mol. The number of benzene rings is 1. The average Bonchev–Trinajstić information content (AvgIpc) is 3.17. The van der Waals surface area contributed by atoms with Crippen molar-refractivity contribution < 1.29 is 17.6 Å². The standard InChI is InChI=1S/C18H21NO4S/c1-19(15-7-5-9-17(15)24(2,21)22)18(20)11-10-14-12-13-6-3-4-8-16(13)23-14/h3-4,6,8,10-12,15,17H,5,7,9H2,1-2H3/b11-10+/t15-,17+/m1/s1. The Morgan fingerprint density at radius 1 is 1.29 bits per heavy atom. The third-order valence-corrected chi connectivity index (χ3v) is 6.30. The van der Waals surface area contributed by atoms with Crippen LogP contribution in [-0.2, 0) is 14.6 Å². The first-order chi connectivity index (χ1) is 11.4. The fourth-order valence-corrected chi connectivity index (χ4v) is 4.85. The lowest BCUT2D eigenvalue weighted by Gasteiger charge is -2.27. The number of rotatable bonds is 4. The number of amides is 1. The van der Waals surface area contributed by atoms with Gasteiger partial charge in [0.2, 0.25) is 5.91 Å². The van der Waals surface area contributed by atoms with Crippen LogP contribution >= 0.6 is 0 Å². The van der Waals surface area contributed by atoms with Gasteiger partial charge in [-0.15, -0.1) is 0 Å². The van der Waals surface area contributed by atoms with Crippen LogP contribution in [0.1, 0.15) is 25.0 Å². The molecule has 0 aliphatic heterocycles. The highest BCUT2D eigenvalue weighted by molar-refractivity contribution is 7.91. The van der Waals surface area contributed by atoms with Gasteiger partial charge < -0.3 is 9.32 Å². The number of likely N-dealkylation sites (N-methyl/N-ethyl adjacent to an activating group) is 1. The number of furan rings is 1. The average molecular weight is 347 g/mol. The van der Waals surface area contributed by atoms with E-state index in [1.807, 2.05) is 30.3 Å². The quantitative estimate of drug-likeness (QED) is 0.798. The largest absolute Gasteiger partial charge is 0.457 e. The topological polar surface area (TPSA) is 67.6 Å². The molecule has 1 amide bonds. The van der Waals surface area contributed by atoms with Gasteiger partial charge in [0.15, 0.2) is 9.84 Å². The van der Waals surface area contributed by atoms with E-state index < -0.39 is 15.1 Å². The van der Waals surface area contributed by atoms with Crippen LogP contribution in [0.2, 0.25) is 0 Å². The van der Waals surface area contributed by atoms with Gasteiger partial charge in [-0.05, 0) is 37.5 Å². The number of carbonyl (C=O) groups is 1. The molecule has 0 saturated heterocycles. The lowest BCUT2D eigenvalue weighted by molar-refractivity contribution is -0.126. The first-order valence-corrected chi connectivity index (χ1v) is 9.94. The van der Waals surface area contributed by atoms with E-state index in [2.05, 4.69) is 0 Å². The van der Waals surface area contributed by atoms with E-state index in [-0.39, 0.29) is 11.9 Å². The Morgan fingerprint density at radius 3 is 2.75 bits per heavy atom. The van der Waals surface area contributed by atoms with Gasteiger partial charge in [0, 0.05) is 30.8 Å². The Morgan fingerprint density at radius 2 is 2.04 bits per heavy atom. The van der Waals surface area contributed by atoms with Crippen molar-refractivity contribution in [1.82, 2.24) is 4.90 Å². The van der Waals surface area contributed by atoms with Gasteiger partial charge in [-0.25, -0.2) is 8.42 Å². The molecule has 2 aromatic rings. The molecule has 0 unspecified atom stereocenters. The summed E-state index contributed by atoms with van der Waals surface area (Å²) in [5.74, 6) is 0.389. The van der Waals surface area contributed by atoms with Gasteiger partial charge in [-0.1, -0.05) is 18.2 Å². The summed E-state index contributed by atoms with van der Waals surface area (Å²) in [6, 6.07) is 9.25. The van der Waals surface area contributed by atoms with E-state index in [0.29, 0.717) is 12.2 Å². The fraction of sp³-hybridized carbons (Fsp3) is 0.389. The maximum absolute atomic E-state index is 12.4.